The Morgan fingerprint density at radius 1 is 0.973 bits per heavy atom. The van der Waals surface area contributed by atoms with Crippen LogP contribution in [0.5, 0.6) is 0 Å². The summed E-state index contributed by atoms with van der Waals surface area (Å²) in [6.07, 6.45) is 6.49. The molecule has 0 spiro atoms. The number of fused-ring (bicyclic) bond motifs is 3. The molecule has 4 heterocycles. The van der Waals surface area contributed by atoms with Gasteiger partial charge in [0.1, 0.15) is 5.69 Å². The highest BCUT2D eigenvalue weighted by Gasteiger charge is 2.41. The normalized spacial score (nSPS) is 19.4. The average Bonchev–Trinajstić information content (AvgIpc) is 3.54. The van der Waals surface area contributed by atoms with Crippen molar-refractivity contribution in [1.29, 1.82) is 0 Å². The van der Waals surface area contributed by atoms with E-state index in [4.69, 9.17) is 10.7 Å². The van der Waals surface area contributed by atoms with E-state index in [1.807, 2.05) is 52.7 Å². The number of pyridine rings is 2. The second-order valence-corrected chi connectivity index (χ2v) is 9.94. The predicted octanol–water partition coefficient (Wildman–Crippen LogP) is 4.32. The molecule has 0 atom stereocenters. The molecule has 4 aromatic heterocycles. The van der Waals surface area contributed by atoms with Crippen LogP contribution in [0.15, 0.2) is 85.5 Å². The Kier molecular flexibility index (Phi) is 4.76. The monoisotopic (exact) mass is 487 g/mol. The highest BCUT2D eigenvalue weighted by Crippen LogP contribution is 2.40. The van der Waals surface area contributed by atoms with Gasteiger partial charge in [-0.2, -0.15) is 0 Å². The maximum atomic E-state index is 9.78. The number of nitrogens with two attached hydrogens (primary N) is 1. The first-order valence-electron chi connectivity index (χ1n) is 12.3. The number of aliphatic hydroxyl groups is 1. The second-order valence-electron chi connectivity index (χ2n) is 9.94. The van der Waals surface area contributed by atoms with Crippen molar-refractivity contribution in [3.05, 3.63) is 91.0 Å². The fourth-order valence-electron chi connectivity index (χ4n) is 5.33. The van der Waals surface area contributed by atoms with Gasteiger partial charge in [0.05, 0.1) is 23.6 Å². The van der Waals surface area contributed by atoms with Crippen LogP contribution < -0.4 is 5.73 Å². The summed E-state index contributed by atoms with van der Waals surface area (Å²) in [4.78, 5) is 9.57. The predicted molar refractivity (Wildman–Crippen MR) is 142 cm³/mol. The molecule has 6 aromatic rings. The van der Waals surface area contributed by atoms with Gasteiger partial charge in [-0.1, -0.05) is 54.6 Å². The molecule has 1 fully saturated rings. The van der Waals surface area contributed by atoms with E-state index in [1.165, 1.54) is 0 Å². The Bertz CT molecular complexity index is 1760. The summed E-state index contributed by atoms with van der Waals surface area (Å²) >= 11 is 0. The number of imidazole rings is 1. The largest absolute Gasteiger partial charge is 0.393 e. The molecule has 0 amide bonds. The third-order valence-electron chi connectivity index (χ3n) is 7.32. The van der Waals surface area contributed by atoms with E-state index in [0.29, 0.717) is 18.7 Å². The molecule has 3 N–H and O–H groups in total. The summed E-state index contributed by atoms with van der Waals surface area (Å²) < 4.78 is 3.85. The van der Waals surface area contributed by atoms with Crippen molar-refractivity contribution in [3.63, 3.8) is 0 Å². The van der Waals surface area contributed by atoms with Gasteiger partial charge < -0.3 is 15.4 Å². The van der Waals surface area contributed by atoms with Gasteiger partial charge >= 0.3 is 0 Å². The van der Waals surface area contributed by atoms with Crippen molar-refractivity contribution in [2.24, 2.45) is 12.8 Å². The molecule has 7 rings (SSSR count). The minimum absolute atomic E-state index is 0.316. The standard InChI is InChI=1S/C29H25N7O/c1-35-16-25(31-17-35)28-34-33-27-23-13-22(18-5-3-2-4-6-18)26(32-24(23)11-12-36(27)28)19-7-9-20(10-8-19)29(30)14-21(37)15-29/h2-13,16-17,21,37H,14-15,30H2,1H3/t21-,29-. The maximum absolute atomic E-state index is 9.78. The van der Waals surface area contributed by atoms with Gasteiger partial charge in [0, 0.05) is 41.5 Å². The number of nitrogens with zero attached hydrogens (tertiary/aromatic N) is 6. The fourth-order valence-corrected chi connectivity index (χ4v) is 5.33. The van der Waals surface area contributed by atoms with E-state index in [-0.39, 0.29) is 6.10 Å². The molecular formula is C29H25N7O. The van der Waals surface area contributed by atoms with Gasteiger partial charge in [-0.15, -0.1) is 10.2 Å². The summed E-state index contributed by atoms with van der Waals surface area (Å²) in [6.45, 7) is 0. The van der Waals surface area contributed by atoms with Crippen LogP contribution in [0.3, 0.4) is 0 Å². The molecule has 8 nitrogen and oxygen atoms in total. The Hall–Kier alpha value is -4.40. The van der Waals surface area contributed by atoms with Crippen molar-refractivity contribution < 1.29 is 5.11 Å². The highest BCUT2D eigenvalue weighted by molar-refractivity contribution is 5.98. The van der Waals surface area contributed by atoms with E-state index in [1.54, 1.807) is 6.33 Å². The molecule has 1 aliphatic carbocycles. The van der Waals surface area contributed by atoms with Crippen LogP contribution in [0, 0.1) is 0 Å². The number of aryl methyl sites for hydroxylation is 1. The number of benzene rings is 2. The Labute approximate surface area is 213 Å². The van der Waals surface area contributed by atoms with Crippen LogP contribution in [0.25, 0.3) is 50.5 Å². The Morgan fingerprint density at radius 2 is 1.76 bits per heavy atom. The van der Waals surface area contributed by atoms with E-state index >= 15 is 0 Å². The van der Waals surface area contributed by atoms with Crippen LogP contribution in [0.1, 0.15) is 18.4 Å². The average molecular weight is 488 g/mol. The first kappa shape index (κ1) is 21.8. The number of rotatable bonds is 4. The van der Waals surface area contributed by atoms with Gasteiger partial charge in [0.2, 0.25) is 0 Å². The van der Waals surface area contributed by atoms with Crippen molar-refractivity contribution in [2.45, 2.75) is 24.5 Å². The first-order valence-corrected chi connectivity index (χ1v) is 12.3. The summed E-state index contributed by atoms with van der Waals surface area (Å²) in [5.74, 6) is 0.690. The van der Waals surface area contributed by atoms with Gasteiger partial charge in [0.15, 0.2) is 11.5 Å². The lowest BCUT2D eigenvalue weighted by atomic mass is 9.70. The minimum atomic E-state index is -0.457. The van der Waals surface area contributed by atoms with E-state index < -0.39 is 5.54 Å². The van der Waals surface area contributed by atoms with Crippen LogP contribution >= 0.6 is 0 Å². The van der Waals surface area contributed by atoms with E-state index in [2.05, 4.69) is 57.6 Å². The lowest BCUT2D eigenvalue weighted by Crippen LogP contribution is -2.51. The molecule has 0 saturated heterocycles. The summed E-state index contributed by atoms with van der Waals surface area (Å²) in [5, 5.41) is 19.7. The zero-order valence-corrected chi connectivity index (χ0v) is 20.3. The van der Waals surface area contributed by atoms with E-state index in [9.17, 15) is 5.11 Å². The minimum Gasteiger partial charge on any atom is -0.393 e. The zero-order valence-electron chi connectivity index (χ0n) is 20.3. The van der Waals surface area contributed by atoms with Gasteiger partial charge in [0.25, 0.3) is 0 Å². The molecule has 0 bridgehead atoms. The number of aromatic nitrogens is 6. The molecule has 0 unspecified atom stereocenters. The topological polar surface area (TPSA) is 107 Å². The third-order valence-corrected chi connectivity index (χ3v) is 7.32. The molecule has 0 radical (unpaired) electrons. The zero-order chi connectivity index (χ0) is 25.1. The number of hydrogen-bond donors (Lipinski definition) is 2. The van der Waals surface area contributed by atoms with Crippen LogP contribution in [0.2, 0.25) is 0 Å². The molecule has 1 aliphatic rings. The molecule has 8 heteroatoms. The Balaban J connectivity index is 1.40. The maximum Gasteiger partial charge on any atom is 0.188 e. The summed E-state index contributed by atoms with van der Waals surface area (Å²) in [7, 11) is 1.93. The third kappa shape index (κ3) is 3.53. The number of aliphatic hydroxyl groups excluding tert-OH is 1. The molecular weight excluding hydrogens is 462 g/mol. The highest BCUT2D eigenvalue weighted by atomic mass is 16.3. The van der Waals surface area contributed by atoms with Crippen molar-refractivity contribution in [3.8, 4) is 33.9 Å². The fraction of sp³-hybridized carbons (Fsp3) is 0.172. The second kappa shape index (κ2) is 8.06. The molecule has 182 valence electrons. The van der Waals surface area contributed by atoms with Gasteiger partial charge in [-0.05, 0) is 36.1 Å². The summed E-state index contributed by atoms with van der Waals surface area (Å²) in [6, 6.07) is 22.7. The molecule has 1 saturated carbocycles. The molecule has 0 aliphatic heterocycles. The SMILES string of the molecule is Cn1cnc(-c2nnc3c4cc(-c5ccccc5)c(-c5ccc([C@]6(N)C[C@H](O)C6)cc5)nc4ccn23)c1. The first-order chi connectivity index (χ1) is 18.0. The lowest BCUT2D eigenvalue weighted by molar-refractivity contribution is 0.0209. The van der Waals surface area contributed by atoms with Crippen LogP contribution in [-0.2, 0) is 12.6 Å². The number of hydrogen-bond acceptors (Lipinski definition) is 6. The lowest BCUT2D eigenvalue weighted by Gasteiger charge is -2.42. The van der Waals surface area contributed by atoms with Crippen molar-refractivity contribution in [1.82, 2.24) is 29.1 Å². The summed E-state index contributed by atoms with van der Waals surface area (Å²) in [5.41, 5.74) is 13.4. The molecule has 37 heavy (non-hydrogen) atoms. The van der Waals surface area contributed by atoms with Crippen molar-refractivity contribution in [2.75, 3.05) is 0 Å². The van der Waals surface area contributed by atoms with Crippen LogP contribution in [0.4, 0.5) is 0 Å². The van der Waals surface area contributed by atoms with E-state index in [0.717, 1.165) is 50.2 Å². The van der Waals surface area contributed by atoms with Crippen LogP contribution in [-0.4, -0.2) is 40.3 Å². The quantitative estimate of drug-likeness (QED) is 0.384. The van der Waals surface area contributed by atoms with Crippen molar-refractivity contribution >= 4 is 16.6 Å². The van der Waals surface area contributed by atoms with Gasteiger partial charge in [-0.3, -0.25) is 4.40 Å². The van der Waals surface area contributed by atoms with Gasteiger partial charge in [-0.25, -0.2) is 9.97 Å². The smallest absolute Gasteiger partial charge is 0.188 e. The molecule has 2 aromatic carbocycles. The Morgan fingerprint density at radius 3 is 2.46 bits per heavy atom.